The highest BCUT2D eigenvalue weighted by Crippen LogP contribution is 2.41. The molecule has 0 spiro atoms. The first-order valence-electron chi connectivity index (χ1n) is 6.20. The van der Waals surface area contributed by atoms with Crippen molar-refractivity contribution in [3.63, 3.8) is 0 Å². The van der Waals surface area contributed by atoms with Crippen molar-refractivity contribution in [3.8, 4) is 0 Å². The zero-order valence-electron chi connectivity index (χ0n) is 11.4. The summed E-state index contributed by atoms with van der Waals surface area (Å²) in [6.07, 6.45) is -0.309. The number of nitro groups is 1. The molecule has 7 nitrogen and oxygen atoms in total. The average molecular weight is 379 g/mol. The van der Waals surface area contributed by atoms with E-state index in [1.54, 1.807) is 13.8 Å². The predicted octanol–water partition coefficient (Wildman–Crippen LogP) is 1.79. The van der Waals surface area contributed by atoms with Crippen molar-refractivity contribution in [3.05, 3.63) is 32.8 Å². The molecule has 9 heteroatoms. The maximum Gasteiger partial charge on any atom is 0.289 e. The molecule has 21 heavy (non-hydrogen) atoms. The third-order valence-electron chi connectivity index (χ3n) is 3.92. The molecule has 1 aromatic carbocycles. The Kier molecular flexibility index (Phi) is 4.13. The van der Waals surface area contributed by atoms with Crippen molar-refractivity contribution in [2.24, 2.45) is 5.41 Å². The van der Waals surface area contributed by atoms with Gasteiger partial charge in [-0.25, -0.2) is 13.1 Å². The molecule has 0 amide bonds. The molecule has 0 bridgehead atoms. The van der Waals surface area contributed by atoms with Gasteiger partial charge < -0.3 is 5.11 Å². The standard InChI is InChI=1S/C12H15BrN2O5S/c1-12(2)10(6-11(12)16)14-21(19,20)9-5-7(13)3-4-8(9)15(17)18/h3-5,10-11,14,16H,6H2,1-2H3. The largest absolute Gasteiger partial charge is 0.392 e. The fourth-order valence-electron chi connectivity index (χ4n) is 2.21. The Morgan fingerprint density at radius 2 is 2.10 bits per heavy atom. The molecule has 1 aromatic rings. The van der Waals surface area contributed by atoms with Crippen molar-refractivity contribution in [1.29, 1.82) is 0 Å². The first-order valence-corrected chi connectivity index (χ1v) is 8.47. The summed E-state index contributed by atoms with van der Waals surface area (Å²) in [6, 6.07) is 3.28. The minimum absolute atomic E-state index is 0.286. The summed E-state index contributed by atoms with van der Waals surface area (Å²) < 4.78 is 27.6. The number of hydrogen-bond donors (Lipinski definition) is 2. The Labute approximate surface area is 130 Å². The number of aliphatic hydroxyl groups is 1. The molecule has 0 radical (unpaired) electrons. The summed E-state index contributed by atoms with van der Waals surface area (Å²) in [6.45, 7) is 3.48. The SMILES string of the molecule is CC1(C)C(O)CC1NS(=O)(=O)c1cc(Br)ccc1[N+](=O)[O-]. The first-order chi connectivity index (χ1) is 9.55. The smallest absolute Gasteiger partial charge is 0.289 e. The number of hydrogen-bond acceptors (Lipinski definition) is 5. The molecule has 0 aromatic heterocycles. The second-order valence-electron chi connectivity index (χ2n) is 5.62. The quantitative estimate of drug-likeness (QED) is 0.612. The van der Waals surface area contributed by atoms with Crippen LogP contribution in [0.2, 0.25) is 0 Å². The van der Waals surface area contributed by atoms with Crippen LogP contribution in [0.3, 0.4) is 0 Å². The molecule has 0 saturated heterocycles. The second kappa shape index (κ2) is 5.31. The van der Waals surface area contributed by atoms with Crippen molar-refractivity contribution in [2.45, 2.75) is 37.3 Å². The van der Waals surface area contributed by atoms with Crippen molar-refractivity contribution >= 4 is 31.6 Å². The third-order valence-corrected chi connectivity index (χ3v) is 5.92. The lowest BCUT2D eigenvalue weighted by atomic mass is 9.65. The van der Waals surface area contributed by atoms with E-state index in [0.29, 0.717) is 4.47 Å². The molecule has 116 valence electrons. The van der Waals surface area contributed by atoms with E-state index >= 15 is 0 Å². The minimum Gasteiger partial charge on any atom is -0.392 e. The van der Waals surface area contributed by atoms with Crippen molar-refractivity contribution < 1.29 is 18.4 Å². The number of nitrogens with zero attached hydrogens (tertiary/aromatic N) is 1. The average Bonchev–Trinajstić information content (AvgIpc) is 2.37. The maximum absolute atomic E-state index is 12.4. The third kappa shape index (κ3) is 2.96. The monoisotopic (exact) mass is 378 g/mol. The molecule has 1 aliphatic carbocycles. The molecule has 2 atom stereocenters. The van der Waals surface area contributed by atoms with E-state index in [1.165, 1.54) is 12.1 Å². The maximum atomic E-state index is 12.4. The van der Waals surface area contributed by atoms with Gasteiger partial charge in [0.2, 0.25) is 10.0 Å². The van der Waals surface area contributed by atoms with Crippen LogP contribution in [0.25, 0.3) is 0 Å². The van der Waals surface area contributed by atoms with Gasteiger partial charge in [-0.3, -0.25) is 10.1 Å². The van der Waals surface area contributed by atoms with Crippen molar-refractivity contribution in [1.82, 2.24) is 4.72 Å². The highest BCUT2D eigenvalue weighted by Gasteiger charge is 2.49. The summed E-state index contributed by atoms with van der Waals surface area (Å²) >= 11 is 3.11. The van der Waals surface area contributed by atoms with Gasteiger partial charge in [-0.15, -0.1) is 0 Å². The Bertz CT molecular complexity index is 689. The van der Waals surface area contributed by atoms with E-state index in [2.05, 4.69) is 20.7 Å². The highest BCUT2D eigenvalue weighted by molar-refractivity contribution is 9.10. The Morgan fingerprint density at radius 1 is 1.48 bits per heavy atom. The molecule has 2 rings (SSSR count). The van der Waals surface area contributed by atoms with Crippen LogP contribution >= 0.6 is 15.9 Å². The summed E-state index contributed by atoms with van der Waals surface area (Å²) in [4.78, 5) is 9.86. The second-order valence-corrected chi connectivity index (χ2v) is 8.21. The molecular weight excluding hydrogens is 364 g/mol. The highest BCUT2D eigenvalue weighted by atomic mass is 79.9. The first kappa shape index (κ1) is 16.3. The molecule has 1 saturated carbocycles. The minimum atomic E-state index is -4.05. The predicted molar refractivity (Wildman–Crippen MR) is 79.3 cm³/mol. The van der Waals surface area contributed by atoms with Crippen LogP contribution in [0.4, 0.5) is 5.69 Å². The Balaban J connectivity index is 2.37. The molecule has 0 aliphatic heterocycles. The molecule has 1 aliphatic rings. The lowest BCUT2D eigenvalue weighted by Crippen LogP contribution is -2.61. The fraction of sp³-hybridized carbons (Fsp3) is 0.500. The summed E-state index contributed by atoms with van der Waals surface area (Å²) in [5.41, 5.74) is -1.09. The van der Waals surface area contributed by atoms with Crippen LogP contribution in [0.5, 0.6) is 0 Å². The number of nitro benzene ring substituents is 1. The van der Waals surface area contributed by atoms with E-state index in [0.717, 1.165) is 6.07 Å². The van der Waals surface area contributed by atoms with Gasteiger partial charge in [0.05, 0.1) is 11.0 Å². The van der Waals surface area contributed by atoms with E-state index in [4.69, 9.17) is 0 Å². The number of sulfonamides is 1. The van der Waals surface area contributed by atoms with Gasteiger partial charge in [0.1, 0.15) is 0 Å². The van der Waals surface area contributed by atoms with Gasteiger partial charge in [0, 0.05) is 22.0 Å². The fourth-order valence-corrected chi connectivity index (χ4v) is 4.32. The lowest BCUT2D eigenvalue weighted by Gasteiger charge is -2.49. The molecule has 1 fully saturated rings. The molecule has 2 unspecified atom stereocenters. The molecular formula is C12H15BrN2O5S. The lowest BCUT2D eigenvalue weighted by molar-refractivity contribution is -0.387. The van der Waals surface area contributed by atoms with Crippen LogP contribution < -0.4 is 4.72 Å². The topological polar surface area (TPSA) is 110 Å². The van der Waals surface area contributed by atoms with E-state index in [-0.39, 0.29) is 11.3 Å². The normalized spacial score (nSPS) is 24.4. The van der Waals surface area contributed by atoms with Crippen LogP contribution in [-0.2, 0) is 10.0 Å². The van der Waals surface area contributed by atoms with E-state index in [1.807, 2.05) is 0 Å². The van der Waals surface area contributed by atoms with Gasteiger partial charge in [-0.05, 0) is 18.6 Å². The van der Waals surface area contributed by atoms with Gasteiger partial charge in [0.25, 0.3) is 5.69 Å². The number of aliphatic hydroxyl groups excluding tert-OH is 1. The summed E-state index contributed by atoms with van der Waals surface area (Å²) in [5.74, 6) is 0. The van der Waals surface area contributed by atoms with E-state index in [9.17, 15) is 23.6 Å². The zero-order chi connectivity index (χ0) is 16.0. The van der Waals surface area contributed by atoms with Crippen LogP contribution in [0, 0.1) is 15.5 Å². The van der Waals surface area contributed by atoms with Crippen LogP contribution in [0.15, 0.2) is 27.6 Å². The molecule has 0 heterocycles. The van der Waals surface area contributed by atoms with Gasteiger partial charge in [0.15, 0.2) is 4.90 Å². The number of halogens is 1. The Hall–Kier alpha value is -1.03. The zero-order valence-corrected chi connectivity index (χ0v) is 13.8. The van der Waals surface area contributed by atoms with Gasteiger partial charge >= 0.3 is 0 Å². The number of rotatable bonds is 4. The summed E-state index contributed by atoms with van der Waals surface area (Å²) in [7, 11) is -4.05. The van der Waals surface area contributed by atoms with Gasteiger partial charge in [-0.1, -0.05) is 29.8 Å². The summed E-state index contributed by atoms with van der Waals surface area (Å²) in [5, 5.41) is 20.6. The van der Waals surface area contributed by atoms with E-state index < -0.39 is 38.2 Å². The number of nitrogens with one attached hydrogen (secondary N) is 1. The Morgan fingerprint density at radius 3 is 2.57 bits per heavy atom. The van der Waals surface area contributed by atoms with Crippen molar-refractivity contribution in [2.75, 3.05) is 0 Å². The molecule has 2 N–H and O–H groups in total. The van der Waals surface area contributed by atoms with Crippen LogP contribution in [-0.4, -0.2) is 30.6 Å². The van der Waals surface area contributed by atoms with Gasteiger partial charge in [-0.2, -0.15) is 0 Å². The van der Waals surface area contributed by atoms with Crippen LogP contribution in [0.1, 0.15) is 20.3 Å². The number of benzene rings is 1.